The Kier molecular flexibility index (Phi) is 5.38. The van der Waals surface area contributed by atoms with E-state index in [2.05, 4.69) is 5.32 Å². The van der Waals surface area contributed by atoms with Crippen LogP contribution in [-0.2, 0) is 14.3 Å². The lowest BCUT2D eigenvalue weighted by Crippen LogP contribution is -2.48. The summed E-state index contributed by atoms with van der Waals surface area (Å²) in [6, 6.07) is 5.36. The number of benzene rings is 1. The van der Waals surface area contributed by atoms with E-state index >= 15 is 0 Å². The summed E-state index contributed by atoms with van der Waals surface area (Å²) in [7, 11) is 0. The van der Waals surface area contributed by atoms with Crippen molar-refractivity contribution in [2.45, 2.75) is 64.6 Å². The minimum absolute atomic E-state index is 0.0302. The number of hydrogen-bond acceptors (Lipinski definition) is 5. The van der Waals surface area contributed by atoms with Gasteiger partial charge in [-0.1, -0.05) is 18.6 Å². The topological polar surface area (TPSA) is 92.8 Å². The van der Waals surface area contributed by atoms with Crippen LogP contribution >= 0.6 is 0 Å². The number of carbonyl (C=O) groups excluding carboxylic acids is 4. The van der Waals surface area contributed by atoms with Crippen molar-refractivity contribution in [1.29, 1.82) is 0 Å². The van der Waals surface area contributed by atoms with E-state index in [1.165, 1.54) is 33.1 Å². The highest BCUT2D eigenvalue weighted by Crippen LogP contribution is 2.49. The quantitative estimate of drug-likeness (QED) is 0.573. The van der Waals surface area contributed by atoms with E-state index in [1.807, 2.05) is 6.92 Å². The number of fused-ring (bicyclic) bond motifs is 3. The van der Waals surface area contributed by atoms with E-state index < -0.39 is 29.9 Å². The fraction of sp³-hybridized carbons (Fsp3) is 0.565. The van der Waals surface area contributed by atoms with Crippen LogP contribution in [0, 0.1) is 17.8 Å². The molecule has 0 saturated heterocycles. The molecule has 3 amide bonds. The lowest BCUT2D eigenvalue weighted by Gasteiger charge is -2.29. The number of imide groups is 1. The molecule has 1 aliphatic heterocycles. The van der Waals surface area contributed by atoms with Crippen molar-refractivity contribution < 1.29 is 23.9 Å². The first-order valence-corrected chi connectivity index (χ1v) is 10.8. The van der Waals surface area contributed by atoms with E-state index in [0.717, 1.165) is 17.2 Å². The van der Waals surface area contributed by atoms with Crippen molar-refractivity contribution in [3.63, 3.8) is 0 Å². The summed E-state index contributed by atoms with van der Waals surface area (Å²) in [4.78, 5) is 51.1. The maximum atomic E-state index is 12.6. The van der Waals surface area contributed by atoms with Gasteiger partial charge in [0.15, 0.2) is 6.10 Å². The molecule has 1 N–H and O–H groups in total. The number of amides is 3. The van der Waals surface area contributed by atoms with Crippen LogP contribution in [0.25, 0.3) is 0 Å². The maximum Gasteiger partial charge on any atom is 0.329 e. The largest absolute Gasteiger partial charge is 0.451 e. The molecule has 7 heteroatoms. The average Bonchev–Trinajstić information content (AvgIpc) is 3.42. The Morgan fingerprint density at radius 3 is 2.20 bits per heavy atom. The number of rotatable bonds is 6. The van der Waals surface area contributed by atoms with Gasteiger partial charge in [-0.15, -0.1) is 0 Å². The van der Waals surface area contributed by atoms with Gasteiger partial charge in [-0.3, -0.25) is 19.3 Å². The van der Waals surface area contributed by atoms with Crippen LogP contribution in [0.4, 0.5) is 0 Å². The van der Waals surface area contributed by atoms with E-state index in [0.29, 0.717) is 11.8 Å². The normalized spacial score (nSPS) is 27.6. The summed E-state index contributed by atoms with van der Waals surface area (Å²) >= 11 is 0. The second-order valence-corrected chi connectivity index (χ2v) is 8.92. The molecule has 3 aliphatic rings. The number of hydrogen-bond donors (Lipinski definition) is 1. The molecule has 2 bridgehead atoms. The highest BCUT2D eigenvalue weighted by Gasteiger charge is 2.43. The van der Waals surface area contributed by atoms with Crippen molar-refractivity contribution in [1.82, 2.24) is 10.2 Å². The number of nitrogens with one attached hydrogen (secondary N) is 1. The average molecular weight is 412 g/mol. The Morgan fingerprint density at radius 2 is 1.67 bits per heavy atom. The van der Waals surface area contributed by atoms with Crippen LogP contribution in [0.2, 0.25) is 0 Å². The molecule has 30 heavy (non-hydrogen) atoms. The molecule has 4 rings (SSSR count). The van der Waals surface area contributed by atoms with Crippen LogP contribution in [-0.4, -0.2) is 46.8 Å². The fourth-order valence-electron chi connectivity index (χ4n) is 5.35. The van der Waals surface area contributed by atoms with Gasteiger partial charge in [-0.2, -0.15) is 0 Å². The Hall–Kier alpha value is -2.70. The molecular formula is C23H28N2O5. The lowest BCUT2D eigenvalue weighted by atomic mass is 9.84. The second-order valence-electron chi connectivity index (χ2n) is 8.92. The van der Waals surface area contributed by atoms with Gasteiger partial charge in [0.05, 0.1) is 11.1 Å². The molecule has 1 aromatic rings. The smallest absolute Gasteiger partial charge is 0.329 e. The summed E-state index contributed by atoms with van der Waals surface area (Å²) in [5.74, 6) is -0.239. The highest BCUT2D eigenvalue weighted by molar-refractivity contribution is 6.22. The number of carbonyl (C=O) groups is 4. The van der Waals surface area contributed by atoms with Crippen LogP contribution < -0.4 is 5.32 Å². The van der Waals surface area contributed by atoms with E-state index in [9.17, 15) is 19.2 Å². The van der Waals surface area contributed by atoms with Gasteiger partial charge in [0, 0.05) is 6.04 Å². The van der Waals surface area contributed by atoms with Crippen LogP contribution in [0.3, 0.4) is 0 Å². The van der Waals surface area contributed by atoms with Gasteiger partial charge in [0.25, 0.3) is 17.7 Å². The van der Waals surface area contributed by atoms with Crippen molar-refractivity contribution in [2.24, 2.45) is 17.8 Å². The van der Waals surface area contributed by atoms with Crippen LogP contribution in [0.5, 0.6) is 0 Å². The van der Waals surface area contributed by atoms with Crippen LogP contribution in [0.1, 0.15) is 67.2 Å². The molecule has 2 aliphatic carbocycles. The van der Waals surface area contributed by atoms with Gasteiger partial charge < -0.3 is 10.1 Å². The molecule has 0 unspecified atom stereocenters. The minimum atomic E-state index is -1.12. The first-order valence-electron chi connectivity index (χ1n) is 10.8. The van der Waals surface area contributed by atoms with Gasteiger partial charge in [0.2, 0.25) is 0 Å². The predicted molar refractivity (Wildman–Crippen MR) is 109 cm³/mol. The van der Waals surface area contributed by atoms with E-state index in [4.69, 9.17) is 4.74 Å². The van der Waals surface area contributed by atoms with Crippen molar-refractivity contribution in [2.75, 3.05) is 0 Å². The van der Waals surface area contributed by atoms with E-state index in [-0.39, 0.29) is 23.1 Å². The summed E-state index contributed by atoms with van der Waals surface area (Å²) in [6.07, 6.45) is 3.93. The molecule has 6 atom stereocenters. The molecule has 2 fully saturated rings. The predicted octanol–water partition coefficient (Wildman–Crippen LogP) is 2.54. The SMILES string of the molecule is C[C@H](OC(=O)[C@H](C)N1C(=O)c2ccccc2C1=O)C(=O)N[C@@H](C)[C@@H]1C[C@H]2CC[C@H]1C2. The second kappa shape index (κ2) is 7.85. The number of esters is 1. The van der Waals surface area contributed by atoms with Gasteiger partial charge in [-0.05, 0) is 69.9 Å². The molecule has 0 radical (unpaired) electrons. The maximum absolute atomic E-state index is 12.6. The van der Waals surface area contributed by atoms with Gasteiger partial charge in [0.1, 0.15) is 6.04 Å². The van der Waals surface area contributed by atoms with Crippen molar-refractivity contribution in [3.8, 4) is 0 Å². The van der Waals surface area contributed by atoms with E-state index in [1.54, 1.807) is 24.3 Å². The highest BCUT2D eigenvalue weighted by atomic mass is 16.5. The molecular weight excluding hydrogens is 384 g/mol. The number of ether oxygens (including phenoxy) is 1. The minimum Gasteiger partial charge on any atom is -0.451 e. The van der Waals surface area contributed by atoms with Crippen molar-refractivity contribution in [3.05, 3.63) is 35.4 Å². The third-order valence-corrected chi connectivity index (χ3v) is 7.02. The zero-order chi connectivity index (χ0) is 21.6. The third kappa shape index (κ3) is 3.50. The van der Waals surface area contributed by atoms with Crippen molar-refractivity contribution >= 4 is 23.7 Å². The Labute approximate surface area is 176 Å². The van der Waals surface area contributed by atoms with Gasteiger partial charge >= 0.3 is 5.97 Å². The number of nitrogens with zero attached hydrogens (tertiary/aromatic N) is 1. The molecule has 7 nitrogen and oxygen atoms in total. The molecule has 1 heterocycles. The zero-order valence-electron chi connectivity index (χ0n) is 17.6. The molecule has 1 aromatic carbocycles. The first kappa shape index (κ1) is 20.6. The summed E-state index contributed by atoms with van der Waals surface area (Å²) in [5, 5.41) is 2.99. The first-order chi connectivity index (χ1) is 14.3. The molecule has 0 spiro atoms. The third-order valence-electron chi connectivity index (χ3n) is 7.02. The van der Waals surface area contributed by atoms with Crippen LogP contribution in [0.15, 0.2) is 24.3 Å². The standard InChI is InChI=1S/C23H28N2O5/c1-12(19-11-15-8-9-16(19)10-15)24-20(26)14(3)30-23(29)13(2)25-21(27)17-6-4-5-7-18(17)22(25)28/h4-7,12-16,19H,8-11H2,1-3H3,(H,24,26)/t12-,13-,14-,15-,16-,19-/m0/s1. The van der Waals surface area contributed by atoms with Gasteiger partial charge in [-0.25, -0.2) is 4.79 Å². The Balaban J connectivity index is 1.33. The Bertz CT molecular complexity index is 862. The Morgan fingerprint density at radius 1 is 1.03 bits per heavy atom. The lowest BCUT2D eigenvalue weighted by molar-refractivity contribution is -0.158. The summed E-state index contributed by atoms with van der Waals surface area (Å²) in [6.45, 7) is 4.96. The molecule has 0 aromatic heterocycles. The monoisotopic (exact) mass is 412 g/mol. The molecule has 2 saturated carbocycles. The fourth-order valence-corrected chi connectivity index (χ4v) is 5.35. The summed E-state index contributed by atoms with van der Waals surface area (Å²) in [5.41, 5.74) is 0.542. The summed E-state index contributed by atoms with van der Waals surface area (Å²) < 4.78 is 5.31. The molecule has 160 valence electrons. The zero-order valence-corrected chi connectivity index (χ0v) is 17.6.